The van der Waals surface area contributed by atoms with Crippen LogP contribution in [0.2, 0.25) is 0 Å². The third-order valence-electron chi connectivity index (χ3n) is 4.12. The Hall–Kier alpha value is -2.09. The Bertz CT molecular complexity index is 606. The second-order valence-electron chi connectivity index (χ2n) is 5.42. The zero-order valence-corrected chi connectivity index (χ0v) is 11.8. The zero-order valence-electron chi connectivity index (χ0n) is 11.8. The van der Waals surface area contributed by atoms with Crippen molar-refractivity contribution in [2.45, 2.75) is 19.8 Å². The third-order valence-corrected chi connectivity index (χ3v) is 4.12. The lowest BCUT2D eigenvalue weighted by Gasteiger charge is -2.24. The van der Waals surface area contributed by atoms with Crippen molar-refractivity contribution >= 4 is 12.0 Å². The van der Waals surface area contributed by atoms with Gasteiger partial charge in [-0.3, -0.25) is 4.79 Å². The minimum Gasteiger partial charge on any atom is -0.371 e. The van der Waals surface area contributed by atoms with Crippen molar-refractivity contribution in [1.29, 1.82) is 0 Å². The standard InChI is InChI=1S/C18H19NO/c1-14-12-15(13-20)6-7-18(14)19-10-8-16-4-2-3-5-17(16)9-11-19/h2-7,12-13H,8-11H2,1H3. The molecule has 2 nitrogen and oxygen atoms in total. The van der Waals surface area contributed by atoms with Gasteiger partial charge in [0.2, 0.25) is 0 Å². The molecule has 0 aromatic heterocycles. The van der Waals surface area contributed by atoms with Crippen molar-refractivity contribution in [2.24, 2.45) is 0 Å². The number of carbonyl (C=O) groups excluding carboxylic acids is 1. The van der Waals surface area contributed by atoms with Crippen LogP contribution in [-0.4, -0.2) is 19.4 Å². The summed E-state index contributed by atoms with van der Waals surface area (Å²) in [6.45, 7) is 4.16. The quantitative estimate of drug-likeness (QED) is 0.776. The number of rotatable bonds is 2. The summed E-state index contributed by atoms with van der Waals surface area (Å²) >= 11 is 0. The Morgan fingerprint density at radius 2 is 1.65 bits per heavy atom. The number of hydrogen-bond donors (Lipinski definition) is 0. The molecule has 3 rings (SSSR count). The predicted octanol–water partition coefficient (Wildman–Crippen LogP) is 3.41. The van der Waals surface area contributed by atoms with Gasteiger partial charge in [-0.25, -0.2) is 0 Å². The van der Waals surface area contributed by atoms with Gasteiger partial charge in [0.05, 0.1) is 0 Å². The summed E-state index contributed by atoms with van der Waals surface area (Å²) in [6, 6.07) is 14.7. The summed E-state index contributed by atoms with van der Waals surface area (Å²) < 4.78 is 0. The molecule has 2 aromatic carbocycles. The molecular formula is C18H19NO. The third kappa shape index (κ3) is 2.46. The maximum absolute atomic E-state index is 10.8. The molecule has 1 heterocycles. The monoisotopic (exact) mass is 265 g/mol. The predicted molar refractivity (Wildman–Crippen MR) is 82.6 cm³/mol. The van der Waals surface area contributed by atoms with Crippen molar-refractivity contribution in [3.63, 3.8) is 0 Å². The lowest BCUT2D eigenvalue weighted by molar-refractivity contribution is 0.112. The van der Waals surface area contributed by atoms with E-state index in [2.05, 4.69) is 42.2 Å². The van der Waals surface area contributed by atoms with Gasteiger partial charge in [-0.1, -0.05) is 24.3 Å². The highest BCUT2D eigenvalue weighted by molar-refractivity contribution is 5.77. The minimum atomic E-state index is 0.754. The Morgan fingerprint density at radius 3 is 2.20 bits per heavy atom. The molecule has 0 saturated heterocycles. The number of anilines is 1. The molecule has 1 aliphatic heterocycles. The highest BCUT2D eigenvalue weighted by Gasteiger charge is 2.15. The SMILES string of the molecule is Cc1cc(C=O)ccc1N1CCc2ccccc2CC1. The minimum absolute atomic E-state index is 0.754. The number of carbonyl (C=O) groups is 1. The van der Waals surface area contributed by atoms with E-state index in [9.17, 15) is 4.79 Å². The molecule has 0 unspecified atom stereocenters. The Kier molecular flexibility index (Phi) is 3.55. The van der Waals surface area contributed by atoms with E-state index in [4.69, 9.17) is 0 Å². The van der Waals surface area contributed by atoms with Crippen LogP contribution in [-0.2, 0) is 12.8 Å². The number of aldehydes is 1. The van der Waals surface area contributed by atoms with Crippen LogP contribution in [0.15, 0.2) is 42.5 Å². The Labute approximate surface area is 120 Å². The highest BCUT2D eigenvalue weighted by atomic mass is 16.1. The summed E-state index contributed by atoms with van der Waals surface area (Å²) in [5.74, 6) is 0. The van der Waals surface area contributed by atoms with Crippen molar-refractivity contribution in [3.05, 3.63) is 64.7 Å². The molecule has 102 valence electrons. The van der Waals surface area contributed by atoms with Gasteiger partial charge in [0.15, 0.2) is 0 Å². The van der Waals surface area contributed by atoms with E-state index in [-0.39, 0.29) is 0 Å². The molecule has 20 heavy (non-hydrogen) atoms. The second kappa shape index (κ2) is 5.49. The Morgan fingerprint density at radius 1 is 1.00 bits per heavy atom. The van der Waals surface area contributed by atoms with Crippen molar-refractivity contribution in [3.8, 4) is 0 Å². The van der Waals surface area contributed by atoms with E-state index >= 15 is 0 Å². The topological polar surface area (TPSA) is 20.3 Å². The van der Waals surface area contributed by atoms with E-state index in [0.717, 1.165) is 37.8 Å². The fourth-order valence-electron chi connectivity index (χ4n) is 3.02. The number of hydrogen-bond acceptors (Lipinski definition) is 2. The summed E-state index contributed by atoms with van der Waals surface area (Å²) in [5.41, 5.74) is 6.13. The Balaban J connectivity index is 1.85. The number of nitrogens with zero attached hydrogens (tertiary/aromatic N) is 1. The van der Waals surface area contributed by atoms with Crippen molar-refractivity contribution in [2.75, 3.05) is 18.0 Å². The largest absolute Gasteiger partial charge is 0.371 e. The lowest BCUT2D eigenvalue weighted by Crippen LogP contribution is -2.26. The van der Waals surface area contributed by atoms with E-state index in [1.165, 1.54) is 22.4 Å². The summed E-state index contributed by atoms with van der Waals surface area (Å²) in [5, 5.41) is 0. The van der Waals surface area contributed by atoms with Crippen LogP contribution < -0.4 is 4.90 Å². The average Bonchev–Trinajstić information content (AvgIpc) is 2.70. The zero-order chi connectivity index (χ0) is 13.9. The van der Waals surface area contributed by atoms with Gasteiger partial charge in [-0.15, -0.1) is 0 Å². The van der Waals surface area contributed by atoms with E-state index in [1.807, 2.05) is 12.1 Å². The van der Waals surface area contributed by atoms with Crippen LogP contribution >= 0.6 is 0 Å². The molecule has 0 radical (unpaired) electrons. The van der Waals surface area contributed by atoms with Gasteiger partial charge < -0.3 is 4.90 Å². The normalized spacial score (nSPS) is 14.6. The van der Waals surface area contributed by atoms with Crippen molar-refractivity contribution < 1.29 is 4.79 Å². The van der Waals surface area contributed by atoms with Crippen LogP contribution in [0.1, 0.15) is 27.0 Å². The molecule has 0 atom stereocenters. The average molecular weight is 265 g/mol. The van der Waals surface area contributed by atoms with Crippen LogP contribution in [0.5, 0.6) is 0 Å². The number of benzene rings is 2. The smallest absolute Gasteiger partial charge is 0.150 e. The second-order valence-corrected chi connectivity index (χ2v) is 5.42. The first-order chi connectivity index (χ1) is 9.78. The van der Waals surface area contributed by atoms with Gasteiger partial charge in [-0.05, 0) is 54.7 Å². The molecule has 0 saturated carbocycles. The molecule has 2 aromatic rings. The molecule has 1 aliphatic rings. The summed E-state index contributed by atoms with van der Waals surface area (Å²) in [7, 11) is 0. The van der Waals surface area contributed by atoms with Crippen LogP contribution in [0.25, 0.3) is 0 Å². The molecular weight excluding hydrogens is 246 g/mol. The molecule has 0 N–H and O–H groups in total. The maximum atomic E-state index is 10.8. The fraction of sp³-hybridized carbons (Fsp3) is 0.278. The van der Waals surface area contributed by atoms with E-state index < -0.39 is 0 Å². The fourth-order valence-corrected chi connectivity index (χ4v) is 3.02. The molecule has 0 aliphatic carbocycles. The van der Waals surface area contributed by atoms with Crippen LogP contribution in [0.3, 0.4) is 0 Å². The van der Waals surface area contributed by atoms with Gasteiger partial charge in [0.1, 0.15) is 6.29 Å². The molecule has 2 heteroatoms. The highest BCUT2D eigenvalue weighted by Crippen LogP contribution is 2.24. The summed E-state index contributed by atoms with van der Waals surface area (Å²) in [4.78, 5) is 13.3. The first-order valence-electron chi connectivity index (χ1n) is 7.15. The van der Waals surface area contributed by atoms with Gasteiger partial charge in [0.25, 0.3) is 0 Å². The van der Waals surface area contributed by atoms with Crippen molar-refractivity contribution in [1.82, 2.24) is 0 Å². The molecule has 0 amide bonds. The van der Waals surface area contributed by atoms with Crippen LogP contribution in [0, 0.1) is 6.92 Å². The summed E-state index contributed by atoms with van der Waals surface area (Å²) in [6.07, 6.45) is 3.09. The molecule has 0 spiro atoms. The van der Waals surface area contributed by atoms with Gasteiger partial charge in [0, 0.05) is 24.3 Å². The van der Waals surface area contributed by atoms with E-state index in [1.54, 1.807) is 0 Å². The first-order valence-corrected chi connectivity index (χ1v) is 7.15. The number of fused-ring (bicyclic) bond motifs is 1. The van der Waals surface area contributed by atoms with Gasteiger partial charge >= 0.3 is 0 Å². The van der Waals surface area contributed by atoms with E-state index in [0.29, 0.717) is 0 Å². The maximum Gasteiger partial charge on any atom is 0.150 e. The van der Waals surface area contributed by atoms with Gasteiger partial charge in [-0.2, -0.15) is 0 Å². The molecule has 0 bridgehead atoms. The molecule has 0 fully saturated rings. The number of aryl methyl sites for hydroxylation is 1. The van der Waals surface area contributed by atoms with Crippen LogP contribution in [0.4, 0.5) is 5.69 Å². The first kappa shape index (κ1) is 12.9. The lowest BCUT2D eigenvalue weighted by atomic mass is 10.0.